The lowest BCUT2D eigenvalue weighted by molar-refractivity contribution is 0.566. The molecule has 0 N–H and O–H groups in total. The van der Waals surface area contributed by atoms with Gasteiger partial charge in [-0.05, 0) is 6.08 Å². The Morgan fingerprint density at radius 1 is 1.64 bits per heavy atom. The van der Waals surface area contributed by atoms with Gasteiger partial charge in [-0.3, -0.25) is 0 Å². The number of carbonyl (C=O) groups excluding carboxylic acids is 1. The highest BCUT2D eigenvalue weighted by Crippen LogP contribution is 2.25. The Morgan fingerprint density at radius 2 is 2.36 bits per heavy atom. The molecule has 0 spiro atoms. The smallest absolute Gasteiger partial charge is 0.131 e. The molecule has 0 aromatic carbocycles. The average Bonchev–Trinajstić information content (AvgIpc) is 2.04. The molecular weight excluding hydrogens is 162 g/mol. The van der Waals surface area contributed by atoms with Crippen LogP contribution in [-0.2, 0) is 4.79 Å². The van der Waals surface area contributed by atoms with Gasteiger partial charge in [-0.1, -0.05) is 23.8 Å². The zero-order valence-corrected chi connectivity index (χ0v) is 6.30. The Balaban J connectivity index is 3.10. The SMILES string of the molecule is N#CC1C=CC=C(Cl)C1=C=O. The first-order valence-corrected chi connectivity index (χ1v) is 3.36. The maximum absolute atomic E-state index is 10.3. The fraction of sp³-hybridized carbons (Fsp3) is 0.125. The molecular formula is C8H4ClNO. The average molecular weight is 166 g/mol. The molecule has 1 aliphatic rings. The molecule has 0 bridgehead atoms. The highest BCUT2D eigenvalue weighted by molar-refractivity contribution is 6.33. The van der Waals surface area contributed by atoms with Crippen LogP contribution in [0.3, 0.4) is 0 Å². The van der Waals surface area contributed by atoms with Crippen molar-refractivity contribution in [2.24, 2.45) is 5.92 Å². The van der Waals surface area contributed by atoms with Crippen LogP contribution in [-0.4, -0.2) is 5.94 Å². The predicted octanol–water partition coefficient (Wildman–Crippen LogP) is 1.58. The lowest BCUT2D eigenvalue weighted by Crippen LogP contribution is -2.02. The van der Waals surface area contributed by atoms with Crippen LogP contribution in [0.15, 0.2) is 28.8 Å². The maximum atomic E-state index is 10.3. The minimum atomic E-state index is -0.537. The van der Waals surface area contributed by atoms with Gasteiger partial charge < -0.3 is 0 Å². The topological polar surface area (TPSA) is 40.9 Å². The van der Waals surface area contributed by atoms with E-state index >= 15 is 0 Å². The molecule has 0 saturated carbocycles. The third kappa shape index (κ3) is 1.40. The minimum Gasteiger partial charge on any atom is -0.233 e. The van der Waals surface area contributed by atoms with Crippen LogP contribution in [0, 0.1) is 17.2 Å². The van der Waals surface area contributed by atoms with Gasteiger partial charge >= 0.3 is 0 Å². The second-order valence-corrected chi connectivity index (χ2v) is 2.43. The second kappa shape index (κ2) is 3.21. The van der Waals surface area contributed by atoms with Gasteiger partial charge in [0.15, 0.2) is 0 Å². The summed E-state index contributed by atoms with van der Waals surface area (Å²) < 4.78 is 0. The first-order chi connectivity index (χ1) is 5.29. The van der Waals surface area contributed by atoms with Crippen molar-refractivity contribution in [3.63, 3.8) is 0 Å². The Kier molecular flexibility index (Phi) is 2.28. The predicted molar refractivity (Wildman–Crippen MR) is 41.4 cm³/mol. The molecule has 11 heavy (non-hydrogen) atoms. The van der Waals surface area contributed by atoms with Gasteiger partial charge in [0.05, 0.1) is 16.7 Å². The van der Waals surface area contributed by atoms with Crippen molar-refractivity contribution in [2.75, 3.05) is 0 Å². The summed E-state index contributed by atoms with van der Waals surface area (Å²) in [6.45, 7) is 0. The molecule has 0 fully saturated rings. The van der Waals surface area contributed by atoms with Crippen LogP contribution in [0.2, 0.25) is 0 Å². The summed E-state index contributed by atoms with van der Waals surface area (Å²) in [6.07, 6.45) is 4.82. The Bertz CT molecular complexity index is 315. The number of hydrogen-bond acceptors (Lipinski definition) is 2. The summed E-state index contributed by atoms with van der Waals surface area (Å²) >= 11 is 5.62. The molecule has 0 heterocycles. The van der Waals surface area contributed by atoms with Crippen molar-refractivity contribution >= 4 is 17.5 Å². The van der Waals surface area contributed by atoms with Crippen molar-refractivity contribution in [3.05, 3.63) is 28.8 Å². The molecule has 2 nitrogen and oxygen atoms in total. The molecule has 54 valence electrons. The number of nitriles is 1. The lowest BCUT2D eigenvalue weighted by atomic mass is 9.97. The van der Waals surface area contributed by atoms with Gasteiger partial charge in [0.1, 0.15) is 11.9 Å². The highest BCUT2D eigenvalue weighted by atomic mass is 35.5. The number of allylic oxidation sites excluding steroid dienone is 5. The van der Waals surface area contributed by atoms with Gasteiger partial charge in [0, 0.05) is 0 Å². The fourth-order valence-electron chi connectivity index (χ4n) is 0.806. The van der Waals surface area contributed by atoms with E-state index in [1.54, 1.807) is 24.2 Å². The van der Waals surface area contributed by atoms with E-state index in [0.29, 0.717) is 5.03 Å². The van der Waals surface area contributed by atoms with E-state index in [2.05, 4.69) is 0 Å². The van der Waals surface area contributed by atoms with E-state index in [1.165, 1.54) is 0 Å². The lowest BCUT2D eigenvalue weighted by Gasteiger charge is -2.07. The van der Waals surface area contributed by atoms with Gasteiger partial charge in [0.2, 0.25) is 0 Å². The second-order valence-electron chi connectivity index (χ2n) is 2.02. The van der Waals surface area contributed by atoms with Crippen LogP contribution in [0.4, 0.5) is 0 Å². The minimum absolute atomic E-state index is 0.219. The molecule has 1 aliphatic carbocycles. The summed E-state index contributed by atoms with van der Waals surface area (Å²) in [4.78, 5) is 10.3. The molecule has 0 radical (unpaired) electrons. The van der Waals surface area contributed by atoms with Crippen molar-refractivity contribution in [1.29, 1.82) is 5.26 Å². The van der Waals surface area contributed by atoms with E-state index in [9.17, 15) is 4.79 Å². The molecule has 3 heteroatoms. The van der Waals surface area contributed by atoms with Gasteiger partial charge in [0.25, 0.3) is 0 Å². The van der Waals surface area contributed by atoms with Crippen molar-refractivity contribution in [3.8, 4) is 6.07 Å². The van der Waals surface area contributed by atoms with Crippen LogP contribution in [0.1, 0.15) is 0 Å². The summed E-state index contributed by atoms with van der Waals surface area (Å²) in [5, 5.41) is 8.82. The maximum Gasteiger partial charge on any atom is 0.131 e. The molecule has 1 rings (SSSR count). The highest BCUT2D eigenvalue weighted by Gasteiger charge is 2.16. The quantitative estimate of drug-likeness (QED) is 0.512. The van der Waals surface area contributed by atoms with E-state index in [4.69, 9.17) is 16.9 Å². The van der Waals surface area contributed by atoms with Crippen LogP contribution in [0.25, 0.3) is 0 Å². The monoisotopic (exact) mass is 165 g/mol. The first kappa shape index (κ1) is 7.81. The Hall–Kier alpha value is -1.29. The largest absolute Gasteiger partial charge is 0.233 e. The number of hydrogen-bond donors (Lipinski definition) is 0. The zero-order valence-electron chi connectivity index (χ0n) is 5.54. The first-order valence-electron chi connectivity index (χ1n) is 2.98. The molecule has 0 aliphatic heterocycles. The number of halogens is 1. The standard InChI is InChI=1S/C8H4ClNO/c9-8-3-1-2-6(4-10)7(8)5-11/h1-3,6H. The van der Waals surface area contributed by atoms with Gasteiger partial charge in [-0.25, -0.2) is 4.79 Å². The van der Waals surface area contributed by atoms with E-state index < -0.39 is 5.92 Å². The van der Waals surface area contributed by atoms with Crippen molar-refractivity contribution < 1.29 is 4.79 Å². The molecule has 0 amide bonds. The Labute approximate surface area is 69.1 Å². The van der Waals surface area contributed by atoms with Crippen LogP contribution >= 0.6 is 11.6 Å². The van der Waals surface area contributed by atoms with E-state index in [-0.39, 0.29) is 5.57 Å². The Morgan fingerprint density at radius 3 is 2.82 bits per heavy atom. The third-order valence-corrected chi connectivity index (χ3v) is 1.69. The molecule has 0 saturated heterocycles. The van der Waals surface area contributed by atoms with Gasteiger partial charge in [-0.15, -0.1) is 0 Å². The van der Waals surface area contributed by atoms with Crippen molar-refractivity contribution in [1.82, 2.24) is 0 Å². The zero-order chi connectivity index (χ0) is 8.27. The number of rotatable bonds is 0. The van der Waals surface area contributed by atoms with E-state index in [0.717, 1.165) is 0 Å². The molecule has 0 aromatic rings. The summed E-state index contributed by atoms with van der Waals surface area (Å²) in [5.41, 5.74) is 0.219. The summed E-state index contributed by atoms with van der Waals surface area (Å²) in [7, 11) is 0. The van der Waals surface area contributed by atoms with E-state index in [1.807, 2.05) is 6.07 Å². The normalized spacial score (nSPS) is 22.0. The van der Waals surface area contributed by atoms with Crippen LogP contribution < -0.4 is 0 Å². The van der Waals surface area contributed by atoms with Crippen molar-refractivity contribution in [2.45, 2.75) is 0 Å². The number of nitrogens with zero attached hydrogens (tertiary/aromatic N) is 1. The fourth-order valence-corrected chi connectivity index (χ4v) is 1.03. The summed E-state index contributed by atoms with van der Waals surface area (Å²) in [5.74, 6) is 1.11. The third-order valence-electron chi connectivity index (χ3n) is 1.36. The molecule has 1 atom stereocenters. The van der Waals surface area contributed by atoms with Crippen LogP contribution in [0.5, 0.6) is 0 Å². The summed E-state index contributed by atoms with van der Waals surface area (Å²) in [6, 6.07) is 1.92. The van der Waals surface area contributed by atoms with Gasteiger partial charge in [-0.2, -0.15) is 5.26 Å². The molecule has 0 aromatic heterocycles. The molecule has 1 unspecified atom stereocenters.